The highest BCUT2D eigenvalue weighted by atomic mass is 16.5. The Balaban J connectivity index is 1.87. The largest absolute Gasteiger partial charge is 0.497 e. The van der Waals surface area contributed by atoms with E-state index in [2.05, 4.69) is 10.3 Å². The van der Waals surface area contributed by atoms with Crippen molar-refractivity contribution in [2.75, 3.05) is 19.5 Å². The molecule has 3 rings (SSSR count). The lowest BCUT2D eigenvalue weighted by Gasteiger charge is -2.25. The second kappa shape index (κ2) is 6.70. The van der Waals surface area contributed by atoms with Gasteiger partial charge < -0.3 is 15.0 Å². The number of nitrogens with one attached hydrogen (secondary N) is 1. The number of amides is 2. The zero-order valence-electron chi connectivity index (χ0n) is 13.6. The van der Waals surface area contributed by atoms with Gasteiger partial charge in [-0.05, 0) is 29.8 Å². The number of likely N-dealkylation sites (tertiary alicyclic amines) is 1. The average molecular weight is 325 g/mol. The summed E-state index contributed by atoms with van der Waals surface area (Å²) in [6.45, 7) is 0. The first-order valence-corrected chi connectivity index (χ1v) is 7.71. The molecule has 1 N–H and O–H groups in total. The number of anilines is 1. The molecular formula is C18H19N3O3. The molecule has 1 aromatic carbocycles. The molecule has 1 aromatic heterocycles. The van der Waals surface area contributed by atoms with Gasteiger partial charge in [0.15, 0.2) is 0 Å². The highest BCUT2D eigenvalue weighted by molar-refractivity contribution is 5.97. The summed E-state index contributed by atoms with van der Waals surface area (Å²) in [6.07, 6.45) is 1.79. The quantitative estimate of drug-likeness (QED) is 0.936. The molecule has 6 nitrogen and oxygen atoms in total. The second-order valence-electron chi connectivity index (χ2n) is 5.74. The predicted molar refractivity (Wildman–Crippen MR) is 89.5 cm³/mol. The van der Waals surface area contributed by atoms with Crippen molar-refractivity contribution in [1.29, 1.82) is 0 Å². The number of carbonyl (C=O) groups excluding carboxylic acids is 2. The number of rotatable bonds is 4. The SMILES string of the molecule is COc1cccc([C@H]2[C@@H](C(=O)Nc3ccccn3)CC(=O)N2C)c1. The Morgan fingerprint density at radius 3 is 2.83 bits per heavy atom. The Morgan fingerprint density at radius 1 is 1.29 bits per heavy atom. The third-order valence-corrected chi connectivity index (χ3v) is 4.27. The third kappa shape index (κ3) is 3.08. The van der Waals surface area contributed by atoms with Crippen LogP contribution in [0.3, 0.4) is 0 Å². The Morgan fingerprint density at radius 2 is 2.12 bits per heavy atom. The van der Waals surface area contributed by atoms with E-state index in [1.54, 1.807) is 43.5 Å². The van der Waals surface area contributed by atoms with Gasteiger partial charge in [0.25, 0.3) is 0 Å². The fourth-order valence-electron chi connectivity index (χ4n) is 3.04. The van der Waals surface area contributed by atoms with Crippen LogP contribution in [-0.2, 0) is 9.59 Å². The Kier molecular flexibility index (Phi) is 4.46. The van der Waals surface area contributed by atoms with Crippen LogP contribution in [0.4, 0.5) is 5.82 Å². The molecule has 1 saturated heterocycles. The molecule has 24 heavy (non-hydrogen) atoms. The molecular weight excluding hydrogens is 306 g/mol. The zero-order chi connectivity index (χ0) is 17.1. The van der Waals surface area contributed by atoms with Crippen LogP contribution >= 0.6 is 0 Å². The van der Waals surface area contributed by atoms with Gasteiger partial charge in [-0.1, -0.05) is 18.2 Å². The summed E-state index contributed by atoms with van der Waals surface area (Å²) in [4.78, 5) is 30.6. The first-order valence-electron chi connectivity index (χ1n) is 7.71. The van der Waals surface area contributed by atoms with E-state index >= 15 is 0 Å². The van der Waals surface area contributed by atoms with E-state index in [9.17, 15) is 9.59 Å². The molecule has 0 radical (unpaired) electrons. The molecule has 1 fully saturated rings. The maximum absolute atomic E-state index is 12.7. The van der Waals surface area contributed by atoms with Crippen LogP contribution < -0.4 is 10.1 Å². The summed E-state index contributed by atoms with van der Waals surface area (Å²) in [7, 11) is 3.31. The standard InChI is InChI=1S/C18H19N3O3/c1-21-16(22)11-14(18(23)20-15-8-3-4-9-19-15)17(21)12-6-5-7-13(10-12)24-2/h3-10,14,17H,11H2,1-2H3,(H,19,20,23)/t14-,17-/m0/s1. The molecule has 2 heterocycles. The van der Waals surface area contributed by atoms with Gasteiger partial charge in [-0.25, -0.2) is 4.98 Å². The lowest BCUT2D eigenvalue weighted by molar-refractivity contribution is -0.128. The molecule has 2 amide bonds. The minimum Gasteiger partial charge on any atom is -0.497 e. The Bertz CT molecular complexity index is 748. The molecule has 124 valence electrons. The summed E-state index contributed by atoms with van der Waals surface area (Å²) >= 11 is 0. The fraction of sp³-hybridized carbons (Fsp3) is 0.278. The van der Waals surface area contributed by atoms with Gasteiger partial charge >= 0.3 is 0 Å². The van der Waals surface area contributed by atoms with E-state index < -0.39 is 5.92 Å². The lowest BCUT2D eigenvalue weighted by Crippen LogP contribution is -2.30. The molecule has 0 aliphatic carbocycles. The smallest absolute Gasteiger partial charge is 0.231 e. The van der Waals surface area contributed by atoms with Gasteiger partial charge in [-0.3, -0.25) is 9.59 Å². The van der Waals surface area contributed by atoms with Crippen LogP contribution in [0, 0.1) is 5.92 Å². The van der Waals surface area contributed by atoms with Crippen molar-refractivity contribution in [3.63, 3.8) is 0 Å². The topological polar surface area (TPSA) is 71.5 Å². The maximum Gasteiger partial charge on any atom is 0.231 e. The van der Waals surface area contributed by atoms with Gasteiger partial charge in [-0.15, -0.1) is 0 Å². The van der Waals surface area contributed by atoms with Crippen molar-refractivity contribution < 1.29 is 14.3 Å². The molecule has 2 aromatic rings. The monoisotopic (exact) mass is 325 g/mol. The van der Waals surface area contributed by atoms with Crippen LogP contribution in [0.15, 0.2) is 48.7 Å². The molecule has 1 aliphatic rings. The number of carbonyl (C=O) groups is 2. The van der Waals surface area contributed by atoms with Crippen LogP contribution in [0.2, 0.25) is 0 Å². The zero-order valence-corrected chi connectivity index (χ0v) is 13.6. The first kappa shape index (κ1) is 16.0. The van der Waals surface area contributed by atoms with E-state index in [1.165, 1.54) is 0 Å². The van der Waals surface area contributed by atoms with E-state index in [4.69, 9.17) is 4.74 Å². The normalized spacial score (nSPS) is 20.1. The molecule has 0 bridgehead atoms. The van der Waals surface area contributed by atoms with Crippen molar-refractivity contribution in [1.82, 2.24) is 9.88 Å². The number of hydrogen-bond donors (Lipinski definition) is 1. The molecule has 6 heteroatoms. The number of nitrogens with zero attached hydrogens (tertiary/aromatic N) is 2. The lowest BCUT2D eigenvalue weighted by atomic mass is 9.92. The van der Waals surface area contributed by atoms with Gasteiger partial charge in [0.2, 0.25) is 11.8 Å². The summed E-state index contributed by atoms with van der Waals surface area (Å²) in [5.41, 5.74) is 0.879. The van der Waals surface area contributed by atoms with Gasteiger partial charge in [0.1, 0.15) is 11.6 Å². The van der Waals surface area contributed by atoms with Gasteiger partial charge in [0.05, 0.1) is 19.1 Å². The van der Waals surface area contributed by atoms with E-state index in [0.717, 1.165) is 5.56 Å². The number of hydrogen-bond acceptors (Lipinski definition) is 4. The first-order chi connectivity index (χ1) is 11.6. The Hall–Kier alpha value is -2.89. The number of pyridine rings is 1. The highest BCUT2D eigenvalue weighted by Gasteiger charge is 2.42. The van der Waals surface area contributed by atoms with Crippen LogP contribution in [0.1, 0.15) is 18.0 Å². The van der Waals surface area contributed by atoms with Gasteiger partial charge in [0, 0.05) is 19.7 Å². The van der Waals surface area contributed by atoms with E-state index in [-0.39, 0.29) is 24.3 Å². The number of methoxy groups -OCH3 is 1. The van der Waals surface area contributed by atoms with Crippen molar-refractivity contribution in [2.45, 2.75) is 12.5 Å². The maximum atomic E-state index is 12.7. The summed E-state index contributed by atoms with van der Waals surface area (Å²) < 4.78 is 5.25. The summed E-state index contributed by atoms with van der Waals surface area (Å²) in [5.74, 6) is 0.442. The molecule has 0 unspecified atom stereocenters. The molecule has 0 spiro atoms. The van der Waals surface area contributed by atoms with Gasteiger partial charge in [-0.2, -0.15) is 0 Å². The van der Waals surface area contributed by atoms with Crippen LogP contribution in [-0.4, -0.2) is 35.9 Å². The summed E-state index contributed by atoms with van der Waals surface area (Å²) in [5, 5.41) is 2.79. The third-order valence-electron chi connectivity index (χ3n) is 4.27. The minimum absolute atomic E-state index is 0.0519. The molecule has 2 atom stereocenters. The van der Waals surface area contributed by atoms with Crippen LogP contribution in [0.5, 0.6) is 5.75 Å². The van der Waals surface area contributed by atoms with Crippen molar-refractivity contribution in [3.8, 4) is 5.75 Å². The van der Waals surface area contributed by atoms with Crippen molar-refractivity contribution >= 4 is 17.6 Å². The minimum atomic E-state index is -0.475. The predicted octanol–water partition coefficient (Wildman–Crippen LogP) is 2.25. The molecule has 1 aliphatic heterocycles. The average Bonchev–Trinajstić information content (AvgIpc) is 2.91. The second-order valence-corrected chi connectivity index (χ2v) is 5.74. The fourth-order valence-corrected chi connectivity index (χ4v) is 3.04. The molecule has 0 saturated carbocycles. The number of aromatic nitrogens is 1. The van der Waals surface area contributed by atoms with Crippen LogP contribution in [0.25, 0.3) is 0 Å². The number of benzene rings is 1. The Labute approximate surface area is 140 Å². The van der Waals surface area contributed by atoms with Crippen molar-refractivity contribution in [3.05, 3.63) is 54.2 Å². The summed E-state index contributed by atoms with van der Waals surface area (Å²) in [6, 6.07) is 12.4. The van der Waals surface area contributed by atoms with Crippen molar-refractivity contribution in [2.24, 2.45) is 5.92 Å². The van der Waals surface area contributed by atoms with E-state index in [1.807, 2.05) is 24.3 Å². The van der Waals surface area contributed by atoms with E-state index in [0.29, 0.717) is 11.6 Å². The highest BCUT2D eigenvalue weighted by Crippen LogP contribution is 2.38. The number of ether oxygens (including phenoxy) is 1.